The van der Waals surface area contributed by atoms with Gasteiger partial charge in [-0.15, -0.1) is 0 Å². The summed E-state index contributed by atoms with van der Waals surface area (Å²) >= 11 is 0. The number of hydrogen-bond donors (Lipinski definition) is 8. The summed E-state index contributed by atoms with van der Waals surface area (Å²) in [6, 6.07) is 0.882. The Bertz CT molecular complexity index is 749. The first-order valence-electron chi connectivity index (χ1n) is 8.18. The molecule has 12 heteroatoms. The Labute approximate surface area is 159 Å². The Balaban J connectivity index is 2.74. The number of aliphatic hydroxyl groups is 1. The highest BCUT2D eigenvalue weighted by Crippen LogP contribution is 2.27. The van der Waals surface area contributed by atoms with Gasteiger partial charge in [0.2, 0.25) is 5.91 Å². The van der Waals surface area contributed by atoms with Crippen LogP contribution in [-0.4, -0.2) is 69.4 Å². The van der Waals surface area contributed by atoms with Crippen molar-refractivity contribution in [2.75, 3.05) is 13.2 Å². The molecule has 0 aromatic heterocycles. The minimum Gasteiger partial charge on any atom is -0.504 e. The van der Waals surface area contributed by atoms with Gasteiger partial charge in [0.25, 0.3) is 5.91 Å². The van der Waals surface area contributed by atoms with Crippen LogP contribution in [0, 0.1) is 0 Å². The van der Waals surface area contributed by atoms with Crippen LogP contribution in [0.4, 0.5) is 0 Å². The van der Waals surface area contributed by atoms with E-state index in [0.29, 0.717) is 0 Å². The average molecular weight is 397 g/mol. The fourth-order valence-corrected chi connectivity index (χ4v) is 2.18. The summed E-state index contributed by atoms with van der Waals surface area (Å²) in [5.74, 6) is -4.57. The Morgan fingerprint density at radius 1 is 1.11 bits per heavy atom. The number of carboxylic acids is 1. The molecule has 154 valence electrons. The SMILES string of the molecule is NC(N)=NCCC[C@H](NC(=O)[C@H](CO)NC(=O)c1cccc(O)c1O)C(=O)O. The standard InChI is InChI=1S/C16H23N5O7/c17-16(18)19-6-2-4-9(15(27)28)20-14(26)10(7-22)21-13(25)8-3-1-5-11(23)12(8)24/h1,3,5,9-10,22-24H,2,4,6-7H2,(H,20,26)(H,21,25)(H,27,28)(H4,17,18,19)/t9-,10-/m0/s1. The zero-order valence-corrected chi connectivity index (χ0v) is 14.8. The van der Waals surface area contributed by atoms with Crippen LogP contribution < -0.4 is 22.1 Å². The highest BCUT2D eigenvalue weighted by Gasteiger charge is 2.27. The van der Waals surface area contributed by atoms with Crippen LogP contribution >= 0.6 is 0 Å². The van der Waals surface area contributed by atoms with Gasteiger partial charge in [-0.3, -0.25) is 14.6 Å². The summed E-state index contributed by atoms with van der Waals surface area (Å²) in [6.07, 6.45) is 0.278. The molecule has 0 fully saturated rings. The molecule has 10 N–H and O–H groups in total. The highest BCUT2D eigenvalue weighted by atomic mass is 16.4. The van der Waals surface area contributed by atoms with E-state index in [9.17, 15) is 34.8 Å². The second-order valence-corrected chi connectivity index (χ2v) is 5.73. The van der Waals surface area contributed by atoms with Crippen LogP contribution in [0.3, 0.4) is 0 Å². The number of hydrogen-bond acceptors (Lipinski definition) is 7. The van der Waals surface area contributed by atoms with Crippen LogP contribution in [0.25, 0.3) is 0 Å². The zero-order chi connectivity index (χ0) is 21.3. The van der Waals surface area contributed by atoms with Crippen molar-refractivity contribution < 1.29 is 34.8 Å². The number of phenolic OH excluding ortho intramolecular Hbond substituents is 2. The molecule has 0 saturated carbocycles. The van der Waals surface area contributed by atoms with Crippen LogP contribution in [0.15, 0.2) is 23.2 Å². The van der Waals surface area contributed by atoms with Gasteiger partial charge in [0, 0.05) is 6.54 Å². The van der Waals surface area contributed by atoms with Crippen molar-refractivity contribution in [3.05, 3.63) is 23.8 Å². The van der Waals surface area contributed by atoms with Gasteiger partial charge < -0.3 is 42.5 Å². The lowest BCUT2D eigenvalue weighted by Crippen LogP contribution is -2.53. The van der Waals surface area contributed by atoms with Gasteiger partial charge in [0.05, 0.1) is 12.2 Å². The number of benzene rings is 1. The number of rotatable bonds is 10. The molecule has 1 aromatic carbocycles. The summed E-state index contributed by atoms with van der Waals surface area (Å²) < 4.78 is 0. The van der Waals surface area contributed by atoms with Crippen molar-refractivity contribution in [3.63, 3.8) is 0 Å². The van der Waals surface area contributed by atoms with Gasteiger partial charge in [-0.1, -0.05) is 6.07 Å². The molecule has 0 heterocycles. The second-order valence-electron chi connectivity index (χ2n) is 5.73. The van der Waals surface area contributed by atoms with Crippen LogP contribution in [-0.2, 0) is 9.59 Å². The fraction of sp³-hybridized carbons (Fsp3) is 0.375. The largest absolute Gasteiger partial charge is 0.504 e. The third kappa shape index (κ3) is 6.64. The number of nitrogens with zero attached hydrogens (tertiary/aromatic N) is 1. The van der Waals surface area contributed by atoms with Crippen molar-refractivity contribution in [2.45, 2.75) is 24.9 Å². The number of amides is 2. The van der Waals surface area contributed by atoms with E-state index in [1.165, 1.54) is 12.1 Å². The van der Waals surface area contributed by atoms with Gasteiger partial charge in [-0.05, 0) is 25.0 Å². The molecule has 0 aliphatic heterocycles. The van der Waals surface area contributed by atoms with E-state index in [1.807, 2.05) is 0 Å². The predicted molar refractivity (Wildman–Crippen MR) is 97.6 cm³/mol. The van der Waals surface area contributed by atoms with E-state index in [2.05, 4.69) is 15.6 Å². The number of nitrogens with one attached hydrogen (secondary N) is 2. The first-order chi connectivity index (χ1) is 13.2. The van der Waals surface area contributed by atoms with Gasteiger partial charge in [0.15, 0.2) is 17.5 Å². The molecule has 2 atom stereocenters. The third-order valence-electron chi connectivity index (χ3n) is 3.62. The average Bonchev–Trinajstić information content (AvgIpc) is 2.63. The molecule has 0 aliphatic rings. The predicted octanol–water partition coefficient (Wildman–Crippen LogP) is -2.19. The topological polar surface area (TPSA) is 221 Å². The van der Waals surface area contributed by atoms with Crippen LogP contribution in [0.5, 0.6) is 11.5 Å². The number of para-hydroxylation sites is 1. The number of aromatic hydroxyl groups is 2. The minimum absolute atomic E-state index is 0.0112. The molecule has 1 rings (SSSR count). The monoisotopic (exact) mass is 397 g/mol. The summed E-state index contributed by atoms with van der Waals surface area (Å²) in [6.45, 7) is -0.656. The molecule has 0 unspecified atom stereocenters. The molecule has 0 saturated heterocycles. The minimum atomic E-state index is -1.48. The normalized spacial score (nSPS) is 12.5. The van der Waals surface area contributed by atoms with Gasteiger partial charge in [0.1, 0.15) is 12.1 Å². The lowest BCUT2D eigenvalue weighted by molar-refractivity contribution is -0.142. The van der Waals surface area contributed by atoms with Gasteiger partial charge in [-0.25, -0.2) is 4.79 Å². The number of guanidine groups is 1. The van der Waals surface area contributed by atoms with Gasteiger partial charge >= 0.3 is 5.97 Å². The van der Waals surface area contributed by atoms with E-state index < -0.39 is 48.0 Å². The molecule has 12 nitrogen and oxygen atoms in total. The number of carboxylic acid groups (broad SMARTS) is 1. The van der Waals surface area contributed by atoms with Crippen molar-refractivity contribution in [3.8, 4) is 11.5 Å². The lowest BCUT2D eigenvalue weighted by Gasteiger charge is -2.20. The molecule has 0 radical (unpaired) electrons. The third-order valence-corrected chi connectivity index (χ3v) is 3.62. The fourth-order valence-electron chi connectivity index (χ4n) is 2.18. The molecule has 28 heavy (non-hydrogen) atoms. The summed E-state index contributed by atoms with van der Waals surface area (Å²) in [7, 11) is 0. The maximum absolute atomic E-state index is 12.2. The first kappa shape index (κ1) is 22.5. The Kier molecular flexibility index (Phi) is 8.49. The van der Waals surface area contributed by atoms with Crippen molar-refractivity contribution in [1.82, 2.24) is 10.6 Å². The van der Waals surface area contributed by atoms with Crippen molar-refractivity contribution >= 4 is 23.7 Å². The molecular weight excluding hydrogens is 374 g/mol. The number of phenols is 2. The van der Waals surface area contributed by atoms with E-state index in [0.717, 1.165) is 6.07 Å². The van der Waals surface area contributed by atoms with Crippen molar-refractivity contribution in [1.29, 1.82) is 0 Å². The first-order valence-corrected chi connectivity index (χ1v) is 8.18. The number of nitrogens with two attached hydrogens (primary N) is 2. The molecule has 0 aliphatic carbocycles. The second kappa shape index (κ2) is 10.6. The van der Waals surface area contributed by atoms with Gasteiger partial charge in [-0.2, -0.15) is 0 Å². The van der Waals surface area contributed by atoms with Crippen LogP contribution in [0.1, 0.15) is 23.2 Å². The number of carbonyl (C=O) groups excluding carboxylic acids is 2. The summed E-state index contributed by atoms with van der Waals surface area (Å²) in [4.78, 5) is 39.4. The molecule has 0 bridgehead atoms. The summed E-state index contributed by atoms with van der Waals surface area (Å²) in [5, 5.41) is 42.0. The molecular formula is C16H23N5O7. The van der Waals surface area contributed by atoms with E-state index in [-0.39, 0.29) is 30.9 Å². The smallest absolute Gasteiger partial charge is 0.326 e. The van der Waals surface area contributed by atoms with E-state index in [4.69, 9.17) is 11.5 Å². The summed E-state index contributed by atoms with van der Waals surface area (Å²) in [5.41, 5.74) is 10.0. The number of carbonyl (C=O) groups is 3. The van der Waals surface area contributed by atoms with Crippen LogP contribution in [0.2, 0.25) is 0 Å². The molecule has 2 amide bonds. The number of aliphatic carboxylic acids is 1. The molecule has 1 aromatic rings. The zero-order valence-electron chi connectivity index (χ0n) is 14.8. The number of aliphatic imine (C=N–C) groups is 1. The Morgan fingerprint density at radius 3 is 2.36 bits per heavy atom. The maximum atomic E-state index is 12.2. The lowest BCUT2D eigenvalue weighted by atomic mass is 10.1. The Hall–Kier alpha value is -3.54. The quantitative estimate of drug-likeness (QED) is 0.0928. The van der Waals surface area contributed by atoms with E-state index in [1.54, 1.807) is 0 Å². The molecule has 0 spiro atoms. The van der Waals surface area contributed by atoms with E-state index >= 15 is 0 Å². The van der Waals surface area contributed by atoms with Crippen molar-refractivity contribution in [2.24, 2.45) is 16.5 Å². The Morgan fingerprint density at radius 2 is 1.79 bits per heavy atom. The number of aliphatic hydroxyl groups excluding tert-OH is 1. The maximum Gasteiger partial charge on any atom is 0.326 e. The highest BCUT2D eigenvalue weighted by molar-refractivity contribution is 6.00.